The molecule has 1 fully saturated rings. The summed E-state index contributed by atoms with van der Waals surface area (Å²) >= 11 is 6.07. The molecule has 0 saturated carbocycles. The maximum atomic E-state index is 12.7. The van der Waals surface area contributed by atoms with E-state index in [4.69, 9.17) is 21.8 Å². The number of piperidine rings is 1. The van der Waals surface area contributed by atoms with Crippen molar-refractivity contribution in [1.29, 1.82) is 0 Å². The average molecular weight is 503 g/mol. The Kier molecular flexibility index (Phi) is 9.65. The van der Waals surface area contributed by atoms with Gasteiger partial charge in [0.25, 0.3) is 0 Å². The molecule has 2 aromatic carbocycles. The predicted molar refractivity (Wildman–Crippen MR) is 132 cm³/mol. The molecule has 2 unspecified atom stereocenters. The first-order chi connectivity index (χ1) is 16.8. The quantitative estimate of drug-likeness (QED) is 0.390. The SMILES string of the molecule is O=C(NC(Cc1ccc(-c2cccc(Cl)c2)cc1)CC(O)C(=O)O)C(=O)N1CCC(CCO)CC1. The summed E-state index contributed by atoms with van der Waals surface area (Å²) in [4.78, 5) is 38.0. The summed E-state index contributed by atoms with van der Waals surface area (Å²) in [7, 11) is 0. The van der Waals surface area contributed by atoms with Crippen LogP contribution in [0, 0.1) is 5.92 Å². The lowest BCUT2D eigenvalue weighted by molar-refractivity contribution is -0.149. The van der Waals surface area contributed by atoms with Gasteiger partial charge in [0.05, 0.1) is 0 Å². The van der Waals surface area contributed by atoms with Gasteiger partial charge in [-0.3, -0.25) is 9.59 Å². The van der Waals surface area contributed by atoms with Gasteiger partial charge in [-0.05, 0) is 60.4 Å². The van der Waals surface area contributed by atoms with Crippen LogP contribution in [-0.2, 0) is 20.8 Å². The number of hydrogen-bond acceptors (Lipinski definition) is 5. The maximum absolute atomic E-state index is 12.7. The highest BCUT2D eigenvalue weighted by Gasteiger charge is 2.29. The third-order valence-electron chi connectivity index (χ3n) is 6.36. The fourth-order valence-corrected chi connectivity index (χ4v) is 4.54. The Morgan fingerprint density at radius 1 is 1.06 bits per heavy atom. The Labute approximate surface area is 209 Å². The summed E-state index contributed by atoms with van der Waals surface area (Å²) in [6.07, 6.45) is 0.468. The topological polar surface area (TPSA) is 127 Å². The number of carboxylic acids is 1. The van der Waals surface area contributed by atoms with E-state index in [1.54, 1.807) is 6.07 Å². The molecule has 0 aliphatic carbocycles. The number of likely N-dealkylation sites (tertiary alicyclic amines) is 1. The molecular formula is C26H31ClN2O6. The van der Waals surface area contributed by atoms with Crippen LogP contribution in [-0.4, -0.2) is 69.8 Å². The molecule has 1 aliphatic rings. The molecule has 0 spiro atoms. The Hall–Kier alpha value is -2.94. The van der Waals surface area contributed by atoms with Gasteiger partial charge in [-0.1, -0.05) is 48.0 Å². The fourth-order valence-electron chi connectivity index (χ4n) is 4.35. The van der Waals surface area contributed by atoms with Gasteiger partial charge in [0.2, 0.25) is 0 Å². The average Bonchev–Trinajstić information content (AvgIpc) is 2.84. The minimum absolute atomic E-state index is 0.104. The van der Waals surface area contributed by atoms with Gasteiger partial charge in [0.15, 0.2) is 6.10 Å². The van der Waals surface area contributed by atoms with Crippen molar-refractivity contribution in [2.45, 2.75) is 44.2 Å². The summed E-state index contributed by atoms with van der Waals surface area (Å²) in [6, 6.07) is 14.2. The zero-order valence-corrected chi connectivity index (χ0v) is 20.2. The van der Waals surface area contributed by atoms with Crippen LogP contribution in [0.2, 0.25) is 5.02 Å². The minimum atomic E-state index is -1.67. The highest BCUT2D eigenvalue weighted by Crippen LogP contribution is 2.24. The smallest absolute Gasteiger partial charge is 0.332 e. The van der Waals surface area contributed by atoms with Gasteiger partial charge in [0, 0.05) is 37.2 Å². The van der Waals surface area contributed by atoms with Crippen LogP contribution < -0.4 is 5.32 Å². The molecule has 2 aromatic rings. The van der Waals surface area contributed by atoms with E-state index >= 15 is 0 Å². The first-order valence-electron chi connectivity index (χ1n) is 11.7. The van der Waals surface area contributed by atoms with Crippen molar-refractivity contribution in [3.05, 3.63) is 59.1 Å². The molecule has 0 aromatic heterocycles. The van der Waals surface area contributed by atoms with Gasteiger partial charge in [0.1, 0.15) is 0 Å². The van der Waals surface area contributed by atoms with Gasteiger partial charge in [-0.25, -0.2) is 4.79 Å². The van der Waals surface area contributed by atoms with Crippen molar-refractivity contribution < 1.29 is 29.7 Å². The van der Waals surface area contributed by atoms with Crippen molar-refractivity contribution in [3.8, 4) is 11.1 Å². The molecule has 8 nitrogen and oxygen atoms in total. The van der Waals surface area contributed by atoms with Crippen LogP contribution in [0.5, 0.6) is 0 Å². The van der Waals surface area contributed by atoms with Crippen LogP contribution in [0.25, 0.3) is 11.1 Å². The van der Waals surface area contributed by atoms with E-state index in [0.29, 0.717) is 30.5 Å². The molecule has 0 bridgehead atoms. The highest BCUT2D eigenvalue weighted by atomic mass is 35.5. The van der Waals surface area contributed by atoms with Crippen molar-refractivity contribution >= 4 is 29.4 Å². The summed E-state index contributed by atoms with van der Waals surface area (Å²) < 4.78 is 0. The van der Waals surface area contributed by atoms with Crippen LogP contribution in [0.4, 0.5) is 0 Å². The number of amides is 2. The van der Waals surface area contributed by atoms with E-state index in [1.807, 2.05) is 42.5 Å². The van der Waals surface area contributed by atoms with Crippen molar-refractivity contribution in [3.63, 3.8) is 0 Å². The Morgan fingerprint density at radius 3 is 2.34 bits per heavy atom. The first kappa shape index (κ1) is 26.7. The number of benzene rings is 2. The van der Waals surface area contributed by atoms with E-state index in [9.17, 15) is 19.5 Å². The standard InChI is InChI=1S/C26H31ClN2O6/c27-21-3-1-2-20(15-21)19-6-4-18(5-7-19)14-22(16-23(31)26(34)35)28-24(32)25(33)29-11-8-17(9-12-29)10-13-30/h1-7,15,17,22-23,30-31H,8-14,16H2,(H,28,32)(H,34,35). The number of nitrogens with zero attached hydrogens (tertiary/aromatic N) is 1. The van der Waals surface area contributed by atoms with Gasteiger partial charge < -0.3 is 25.5 Å². The largest absolute Gasteiger partial charge is 0.479 e. The van der Waals surface area contributed by atoms with E-state index < -0.39 is 29.9 Å². The van der Waals surface area contributed by atoms with Crippen LogP contribution in [0.3, 0.4) is 0 Å². The van der Waals surface area contributed by atoms with Crippen molar-refractivity contribution in [2.24, 2.45) is 5.92 Å². The van der Waals surface area contributed by atoms with Crippen LogP contribution in [0.1, 0.15) is 31.2 Å². The van der Waals surface area contributed by atoms with Gasteiger partial charge >= 0.3 is 17.8 Å². The number of hydrogen-bond donors (Lipinski definition) is 4. The number of nitrogens with one attached hydrogen (secondary N) is 1. The predicted octanol–water partition coefficient (Wildman–Crippen LogP) is 2.49. The normalized spacial score (nSPS) is 15.9. The molecule has 2 amide bonds. The Balaban J connectivity index is 1.65. The van der Waals surface area contributed by atoms with Crippen LogP contribution >= 0.6 is 11.6 Å². The molecular weight excluding hydrogens is 472 g/mol. The van der Waals surface area contributed by atoms with E-state index in [2.05, 4.69) is 5.32 Å². The Morgan fingerprint density at radius 2 is 1.74 bits per heavy atom. The van der Waals surface area contributed by atoms with E-state index in [0.717, 1.165) is 29.5 Å². The molecule has 1 saturated heterocycles. The van der Waals surface area contributed by atoms with Crippen LogP contribution in [0.15, 0.2) is 48.5 Å². The molecule has 0 radical (unpaired) electrons. The zero-order chi connectivity index (χ0) is 25.4. The molecule has 188 valence electrons. The number of carbonyl (C=O) groups excluding carboxylic acids is 2. The number of aliphatic hydroxyl groups excluding tert-OH is 2. The zero-order valence-electron chi connectivity index (χ0n) is 19.4. The lowest BCUT2D eigenvalue weighted by atomic mass is 9.94. The number of carbonyl (C=O) groups is 3. The number of rotatable bonds is 9. The van der Waals surface area contributed by atoms with Gasteiger partial charge in [-0.2, -0.15) is 0 Å². The second-order valence-corrected chi connectivity index (χ2v) is 9.36. The molecule has 1 heterocycles. The summed E-state index contributed by atoms with van der Waals surface area (Å²) in [5, 5.41) is 31.4. The first-order valence-corrected chi connectivity index (χ1v) is 12.1. The molecule has 3 rings (SSSR count). The van der Waals surface area contributed by atoms with Crippen molar-refractivity contribution in [2.75, 3.05) is 19.7 Å². The molecule has 35 heavy (non-hydrogen) atoms. The number of halogens is 1. The monoisotopic (exact) mass is 502 g/mol. The lowest BCUT2D eigenvalue weighted by Crippen LogP contribution is -2.50. The highest BCUT2D eigenvalue weighted by molar-refractivity contribution is 6.35. The Bertz CT molecular complexity index is 1020. The molecule has 1 aliphatic heterocycles. The summed E-state index contributed by atoms with van der Waals surface area (Å²) in [6.45, 7) is 0.974. The minimum Gasteiger partial charge on any atom is -0.479 e. The molecule has 9 heteroatoms. The second-order valence-electron chi connectivity index (χ2n) is 8.92. The number of aliphatic hydroxyl groups is 2. The number of aliphatic carboxylic acids is 1. The lowest BCUT2D eigenvalue weighted by Gasteiger charge is -2.31. The third kappa shape index (κ3) is 7.78. The fraction of sp³-hybridized carbons (Fsp3) is 0.423. The van der Waals surface area contributed by atoms with E-state index in [-0.39, 0.29) is 19.4 Å². The maximum Gasteiger partial charge on any atom is 0.332 e. The molecule has 2 atom stereocenters. The summed E-state index contributed by atoms with van der Waals surface area (Å²) in [5.74, 6) is -2.54. The third-order valence-corrected chi connectivity index (χ3v) is 6.59. The van der Waals surface area contributed by atoms with Gasteiger partial charge in [-0.15, -0.1) is 0 Å². The summed E-state index contributed by atoms with van der Waals surface area (Å²) in [5.41, 5.74) is 2.71. The van der Waals surface area contributed by atoms with Crippen molar-refractivity contribution in [1.82, 2.24) is 10.2 Å². The van der Waals surface area contributed by atoms with E-state index in [1.165, 1.54) is 4.90 Å². The molecule has 4 N–H and O–H groups in total. The second kappa shape index (κ2) is 12.7. The number of carboxylic acid groups (broad SMARTS) is 1.